The van der Waals surface area contributed by atoms with Crippen LogP contribution in [0.5, 0.6) is 0 Å². The van der Waals surface area contributed by atoms with Gasteiger partial charge in [-0.05, 0) is 0 Å². The molecule has 0 saturated carbocycles. The number of halogens is 1. The zero-order chi connectivity index (χ0) is 26.4. The number of nitrogens with zero attached hydrogens (tertiary/aromatic N) is 1. The van der Waals surface area contributed by atoms with E-state index >= 15 is 0 Å². The van der Waals surface area contributed by atoms with Crippen molar-refractivity contribution >= 4 is 17.8 Å². The summed E-state index contributed by atoms with van der Waals surface area (Å²) in [4.78, 5) is 35.8. The summed E-state index contributed by atoms with van der Waals surface area (Å²) in [6, 6.07) is 0. The fraction of sp³-hybridized carbons (Fsp3) is 0.393. The number of hydroxylamine groups is 1. The topological polar surface area (TPSA) is 100 Å². The van der Waals surface area contributed by atoms with Crippen LogP contribution in [0.4, 0.5) is 0 Å². The average molecular weight is 605 g/mol. The Bertz CT molecular complexity index is 1170. The molecule has 0 aromatic carbocycles. The quantitative estimate of drug-likeness (QED) is 0.168. The van der Waals surface area contributed by atoms with E-state index < -0.39 is 18.4 Å². The first-order chi connectivity index (χ1) is 17.1. The van der Waals surface area contributed by atoms with Crippen molar-refractivity contribution < 1.29 is 40.7 Å². The summed E-state index contributed by atoms with van der Waals surface area (Å²) < 4.78 is 1.49. The third kappa shape index (κ3) is 6.73. The summed E-state index contributed by atoms with van der Waals surface area (Å²) in [5, 5.41) is 11.2. The van der Waals surface area contributed by atoms with Gasteiger partial charge in [-0.15, -0.1) is 0 Å². The van der Waals surface area contributed by atoms with E-state index in [2.05, 4.69) is 66.9 Å². The van der Waals surface area contributed by atoms with Crippen LogP contribution in [-0.4, -0.2) is 40.5 Å². The standard InChI is InChI=1S/C28H35IN3O4/c1-7-8-16(2)26(29-6)23-10-9-20(12-18(23)4)28-31-27(32-36-28)22-11-17(3)19(5)21(13-22)14-24(33)30-15-25(34)35/h7-11,13-14,18-19,27,32H,12,15H2,1-6H3,(H,30,33)(H,34,35)/q-1/b8-7-,21-14+,26-16-/t18?,19-,27-/m0/s1. The number of carbonyl (C=O) groups excluding carboxylic acids is 1. The van der Waals surface area contributed by atoms with Gasteiger partial charge in [-0.1, -0.05) is 6.92 Å². The van der Waals surface area contributed by atoms with Crippen LogP contribution < -0.4 is 32.0 Å². The van der Waals surface area contributed by atoms with Crippen molar-refractivity contribution in [3.63, 3.8) is 0 Å². The van der Waals surface area contributed by atoms with E-state index in [1.54, 1.807) is 0 Å². The Hall–Kier alpha value is -2.72. The molecule has 0 radical (unpaired) electrons. The first kappa shape index (κ1) is 27.9. The molecule has 0 fully saturated rings. The number of hydrogen-bond donors (Lipinski definition) is 3. The van der Waals surface area contributed by atoms with Gasteiger partial charge >= 0.3 is 185 Å². The number of rotatable bonds is 8. The normalized spacial score (nSPS) is 26.0. The van der Waals surface area contributed by atoms with E-state index in [0.717, 1.165) is 28.7 Å². The molecule has 0 spiro atoms. The van der Waals surface area contributed by atoms with Gasteiger partial charge in [0, 0.05) is 0 Å². The maximum absolute atomic E-state index is 12.2. The Balaban J connectivity index is 1.83. The van der Waals surface area contributed by atoms with Crippen molar-refractivity contribution in [1.82, 2.24) is 10.8 Å². The number of allylic oxidation sites excluding steroid dienone is 10. The van der Waals surface area contributed by atoms with Crippen LogP contribution in [0.15, 0.2) is 84.5 Å². The van der Waals surface area contributed by atoms with Crippen LogP contribution >= 0.6 is 0 Å². The number of aliphatic imine (C=N–C) groups is 1. The van der Waals surface area contributed by atoms with Gasteiger partial charge in [-0.3, -0.25) is 9.59 Å². The molecule has 194 valence electrons. The number of nitrogens with one attached hydrogen (secondary N) is 2. The second-order valence-electron chi connectivity index (χ2n) is 9.17. The number of carboxylic acids is 1. The molecule has 0 aromatic heterocycles. The fourth-order valence-corrected chi connectivity index (χ4v) is 6.76. The monoisotopic (exact) mass is 604 g/mol. The molecule has 1 amide bonds. The number of alkyl halides is 1. The van der Waals surface area contributed by atoms with Crippen LogP contribution in [0.1, 0.15) is 41.0 Å². The molecule has 2 aliphatic carbocycles. The Morgan fingerprint density at radius 3 is 2.69 bits per heavy atom. The van der Waals surface area contributed by atoms with E-state index in [1.165, 1.54) is 20.8 Å². The number of hydrogen-bond acceptors (Lipinski definition) is 5. The molecule has 8 heteroatoms. The first-order valence-corrected chi connectivity index (χ1v) is 15.2. The molecule has 1 unspecified atom stereocenters. The van der Waals surface area contributed by atoms with E-state index in [1.807, 2.05) is 19.9 Å². The van der Waals surface area contributed by atoms with Crippen molar-refractivity contribution in [3.8, 4) is 0 Å². The molecule has 0 aromatic rings. The zero-order valence-corrected chi connectivity index (χ0v) is 23.8. The van der Waals surface area contributed by atoms with Crippen molar-refractivity contribution in [2.75, 3.05) is 11.5 Å². The number of carboxylic acid groups (broad SMARTS) is 1. The number of carbonyl (C=O) groups is 2. The van der Waals surface area contributed by atoms with Gasteiger partial charge in [0.15, 0.2) is 0 Å². The second kappa shape index (κ2) is 12.5. The van der Waals surface area contributed by atoms with E-state index in [4.69, 9.17) is 14.9 Å². The van der Waals surface area contributed by atoms with E-state index in [9.17, 15) is 9.59 Å². The fourth-order valence-electron chi connectivity index (χ4n) is 4.39. The Morgan fingerprint density at radius 2 is 2.06 bits per heavy atom. The predicted molar refractivity (Wildman–Crippen MR) is 139 cm³/mol. The molecule has 3 aliphatic rings. The van der Waals surface area contributed by atoms with Gasteiger partial charge in [-0.25, -0.2) is 0 Å². The molecule has 0 saturated heterocycles. The molecule has 3 atom stereocenters. The van der Waals surface area contributed by atoms with Gasteiger partial charge in [0.05, 0.1) is 0 Å². The summed E-state index contributed by atoms with van der Waals surface area (Å²) in [6.07, 6.45) is 14.5. The molecule has 36 heavy (non-hydrogen) atoms. The molecule has 0 bridgehead atoms. The molecular formula is C28H35IN3O4-. The van der Waals surface area contributed by atoms with Gasteiger partial charge in [0.25, 0.3) is 0 Å². The maximum atomic E-state index is 12.2. The minimum absolute atomic E-state index is 0.0372. The number of amides is 1. The van der Waals surface area contributed by atoms with Crippen LogP contribution in [0.2, 0.25) is 0 Å². The Labute approximate surface area is 223 Å². The van der Waals surface area contributed by atoms with E-state index in [-0.39, 0.29) is 33.3 Å². The molecule has 3 rings (SSSR count). The molecule has 3 N–H and O–H groups in total. The molecule has 1 heterocycles. The summed E-state index contributed by atoms with van der Waals surface area (Å²) in [5.74, 6) is -0.499. The summed E-state index contributed by atoms with van der Waals surface area (Å²) in [6.45, 7) is 10.1. The zero-order valence-electron chi connectivity index (χ0n) is 21.7. The summed E-state index contributed by atoms with van der Waals surface area (Å²) in [5.41, 5.74) is 9.62. The Kier molecular flexibility index (Phi) is 9.67. The van der Waals surface area contributed by atoms with Gasteiger partial charge < -0.3 is 10.4 Å². The summed E-state index contributed by atoms with van der Waals surface area (Å²) in [7, 11) is 0. The van der Waals surface area contributed by atoms with Crippen LogP contribution in [0.3, 0.4) is 0 Å². The Morgan fingerprint density at radius 1 is 1.31 bits per heavy atom. The predicted octanol–water partition coefficient (Wildman–Crippen LogP) is 1.36. The third-order valence-electron chi connectivity index (χ3n) is 6.45. The van der Waals surface area contributed by atoms with Crippen LogP contribution in [0, 0.1) is 11.8 Å². The van der Waals surface area contributed by atoms with Crippen molar-refractivity contribution in [2.45, 2.75) is 47.2 Å². The first-order valence-electron chi connectivity index (χ1n) is 12.0. The molecule has 1 aliphatic heterocycles. The van der Waals surface area contributed by atoms with Crippen molar-refractivity contribution in [3.05, 3.63) is 79.6 Å². The number of aliphatic carboxylic acids is 1. The van der Waals surface area contributed by atoms with E-state index in [0.29, 0.717) is 11.8 Å². The van der Waals surface area contributed by atoms with Crippen molar-refractivity contribution in [1.29, 1.82) is 0 Å². The summed E-state index contributed by atoms with van der Waals surface area (Å²) >= 11 is -0.0510. The van der Waals surface area contributed by atoms with Crippen molar-refractivity contribution in [2.24, 2.45) is 16.8 Å². The second-order valence-corrected chi connectivity index (χ2v) is 11.3. The molecule has 7 nitrogen and oxygen atoms in total. The SMILES string of the molecule is C/C=C\C(C)=C(/[I-]C)C1=CC=C(C2=N[C@H](C3=C/C(=C\C(=O)NCC(=O)O)[C@@H](C)C(C)=C3)NO2)CC1C. The van der Waals surface area contributed by atoms with Crippen LogP contribution in [0.25, 0.3) is 0 Å². The van der Waals surface area contributed by atoms with Crippen LogP contribution in [-0.2, 0) is 14.4 Å². The van der Waals surface area contributed by atoms with Gasteiger partial charge in [0.2, 0.25) is 5.91 Å². The molecular weight excluding hydrogens is 569 g/mol. The third-order valence-corrected chi connectivity index (χ3v) is 9.01. The average Bonchev–Trinajstić information content (AvgIpc) is 3.32. The minimum atomic E-state index is -1.08. The van der Waals surface area contributed by atoms with Gasteiger partial charge in [0.1, 0.15) is 6.54 Å². The van der Waals surface area contributed by atoms with Gasteiger partial charge in [-0.2, -0.15) is 0 Å².